The standard InChI is InChI=1S/C18H21NO2S/c1-19-9-6-12(7-10-19)18(21)14-5-3-2-4-13(14)16(20)17-15(18)8-11-22-17/h2-5,8,11-12,16,20-21H,6-7,9-10H2,1H3. The van der Waals surface area contributed by atoms with Gasteiger partial charge in [0.25, 0.3) is 0 Å². The van der Waals surface area contributed by atoms with Crippen LogP contribution in [0, 0.1) is 5.92 Å². The molecule has 1 aliphatic heterocycles. The highest BCUT2D eigenvalue weighted by atomic mass is 32.1. The molecule has 1 aromatic heterocycles. The Morgan fingerprint density at radius 3 is 2.64 bits per heavy atom. The van der Waals surface area contributed by atoms with Crippen molar-refractivity contribution >= 4 is 11.3 Å². The van der Waals surface area contributed by atoms with Crippen LogP contribution >= 0.6 is 11.3 Å². The molecule has 2 N–H and O–H groups in total. The molecule has 0 saturated carbocycles. The molecule has 1 saturated heterocycles. The van der Waals surface area contributed by atoms with E-state index in [9.17, 15) is 10.2 Å². The van der Waals surface area contributed by atoms with Crippen molar-refractivity contribution in [2.75, 3.05) is 20.1 Å². The average Bonchev–Trinajstić information content (AvgIpc) is 3.04. The first kappa shape index (κ1) is 14.4. The number of thiophene rings is 1. The molecule has 4 rings (SSSR count). The van der Waals surface area contributed by atoms with E-state index in [1.165, 1.54) is 0 Å². The molecule has 2 aliphatic rings. The number of aliphatic hydroxyl groups excluding tert-OH is 1. The lowest BCUT2D eigenvalue weighted by molar-refractivity contribution is -0.0180. The highest BCUT2D eigenvalue weighted by molar-refractivity contribution is 7.10. The zero-order chi connectivity index (χ0) is 15.3. The van der Waals surface area contributed by atoms with E-state index in [0.29, 0.717) is 0 Å². The Morgan fingerprint density at radius 2 is 1.86 bits per heavy atom. The van der Waals surface area contributed by atoms with Gasteiger partial charge in [-0.2, -0.15) is 0 Å². The first-order valence-corrected chi connectivity index (χ1v) is 8.76. The summed E-state index contributed by atoms with van der Waals surface area (Å²) < 4.78 is 0. The van der Waals surface area contributed by atoms with E-state index in [1.807, 2.05) is 35.7 Å². The van der Waals surface area contributed by atoms with Gasteiger partial charge >= 0.3 is 0 Å². The van der Waals surface area contributed by atoms with Crippen molar-refractivity contribution in [1.82, 2.24) is 4.90 Å². The Kier molecular flexibility index (Phi) is 3.38. The Labute approximate surface area is 134 Å². The van der Waals surface area contributed by atoms with Gasteiger partial charge < -0.3 is 15.1 Å². The van der Waals surface area contributed by atoms with Crippen LogP contribution in [-0.2, 0) is 5.60 Å². The third-order valence-corrected chi connectivity index (χ3v) is 6.30. The average molecular weight is 315 g/mol. The van der Waals surface area contributed by atoms with Crippen LogP contribution in [0.15, 0.2) is 35.7 Å². The van der Waals surface area contributed by atoms with E-state index >= 15 is 0 Å². The van der Waals surface area contributed by atoms with Gasteiger partial charge in [-0.25, -0.2) is 0 Å². The molecular weight excluding hydrogens is 294 g/mol. The van der Waals surface area contributed by atoms with Crippen molar-refractivity contribution in [1.29, 1.82) is 0 Å². The van der Waals surface area contributed by atoms with Crippen LogP contribution in [-0.4, -0.2) is 35.3 Å². The first-order valence-electron chi connectivity index (χ1n) is 7.88. The van der Waals surface area contributed by atoms with Gasteiger partial charge in [-0.3, -0.25) is 0 Å². The van der Waals surface area contributed by atoms with Gasteiger partial charge in [0.05, 0.1) is 0 Å². The first-order chi connectivity index (χ1) is 10.6. The van der Waals surface area contributed by atoms with Gasteiger partial charge in [0.1, 0.15) is 11.7 Å². The number of nitrogens with zero attached hydrogens (tertiary/aromatic N) is 1. The topological polar surface area (TPSA) is 43.7 Å². The maximum Gasteiger partial charge on any atom is 0.119 e. The number of aliphatic hydroxyl groups is 2. The summed E-state index contributed by atoms with van der Waals surface area (Å²) in [6, 6.07) is 9.83. The number of piperidine rings is 1. The summed E-state index contributed by atoms with van der Waals surface area (Å²) in [5, 5.41) is 24.4. The molecule has 0 spiro atoms. The monoisotopic (exact) mass is 315 g/mol. The molecule has 0 radical (unpaired) electrons. The molecule has 1 fully saturated rings. The summed E-state index contributed by atoms with van der Waals surface area (Å²) in [4.78, 5) is 3.22. The van der Waals surface area contributed by atoms with Crippen molar-refractivity contribution in [2.24, 2.45) is 5.92 Å². The second-order valence-electron chi connectivity index (χ2n) is 6.53. The van der Waals surface area contributed by atoms with Crippen LogP contribution in [0.1, 0.15) is 40.5 Å². The van der Waals surface area contributed by atoms with Crippen molar-refractivity contribution in [3.8, 4) is 0 Å². The van der Waals surface area contributed by atoms with Crippen LogP contribution in [0.25, 0.3) is 0 Å². The lowest BCUT2D eigenvalue weighted by atomic mass is 9.67. The van der Waals surface area contributed by atoms with Crippen molar-refractivity contribution in [3.63, 3.8) is 0 Å². The Hall–Kier alpha value is -1.20. The Bertz CT molecular complexity index is 690. The minimum absolute atomic E-state index is 0.200. The summed E-state index contributed by atoms with van der Waals surface area (Å²) in [6.07, 6.45) is 1.34. The fourth-order valence-corrected chi connectivity index (χ4v) is 5.04. The predicted molar refractivity (Wildman–Crippen MR) is 88.0 cm³/mol. The molecule has 0 bridgehead atoms. The molecule has 2 aromatic rings. The van der Waals surface area contributed by atoms with Gasteiger partial charge in [0.2, 0.25) is 0 Å². The number of hydrogen-bond donors (Lipinski definition) is 2. The highest BCUT2D eigenvalue weighted by Gasteiger charge is 2.48. The molecule has 4 heteroatoms. The van der Waals surface area contributed by atoms with Crippen molar-refractivity contribution in [3.05, 3.63) is 57.3 Å². The molecule has 2 unspecified atom stereocenters. The third-order valence-electron chi connectivity index (χ3n) is 5.33. The SMILES string of the molecule is CN1CCC(C2(O)c3ccccc3C(O)c3sccc32)CC1. The molecule has 22 heavy (non-hydrogen) atoms. The van der Waals surface area contributed by atoms with Gasteiger partial charge in [-0.15, -0.1) is 11.3 Å². The van der Waals surface area contributed by atoms with E-state index in [-0.39, 0.29) is 5.92 Å². The van der Waals surface area contributed by atoms with E-state index in [0.717, 1.165) is 47.5 Å². The second-order valence-corrected chi connectivity index (χ2v) is 7.48. The maximum atomic E-state index is 11.8. The van der Waals surface area contributed by atoms with Crippen LogP contribution < -0.4 is 0 Å². The van der Waals surface area contributed by atoms with E-state index in [4.69, 9.17) is 0 Å². The second kappa shape index (κ2) is 5.17. The summed E-state index contributed by atoms with van der Waals surface area (Å²) in [5.74, 6) is 0.200. The zero-order valence-corrected chi connectivity index (χ0v) is 13.5. The lowest BCUT2D eigenvalue weighted by Crippen LogP contribution is -2.45. The van der Waals surface area contributed by atoms with Gasteiger partial charge in [-0.1, -0.05) is 24.3 Å². The fourth-order valence-electron chi connectivity index (χ4n) is 4.08. The molecule has 1 aromatic carbocycles. The van der Waals surface area contributed by atoms with Gasteiger partial charge in [0.15, 0.2) is 0 Å². The summed E-state index contributed by atoms with van der Waals surface area (Å²) in [7, 11) is 2.13. The summed E-state index contributed by atoms with van der Waals surface area (Å²) in [6.45, 7) is 2.02. The molecule has 2 atom stereocenters. The van der Waals surface area contributed by atoms with Gasteiger partial charge in [0, 0.05) is 10.4 Å². The normalized spacial score (nSPS) is 29.1. The fraction of sp³-hybridized carbons (Fsp3) is 0.444. The quantitative estimate of drug-likeness (QED) is 0.850. The Balaban J connectivity index is 1.88. The molecule has 1 aliphatic carbocycles. The molecular formula is C18H21NO2S. The highest BCUT2D eigenvalue weighted by Crippen LogP contribution is 2.52. The van der Waals surface area contributed by atoms with Crippen LogP contribution in [0.4, 0.5) is 0 Å². The molecule has 116 valence electrons. The summed E-state index contributed by atoms with van der Waals surface area (Å²) in [5.41, 5.74) is 1.70. The number of benzene rings is 1. The number of rotatable bonds is 1. The lowest BCUT2D eigenvalue weighted by Gasteiger charge is -2.45. The molecule has 0 amide bonds. The number of hydrogen-bond acceptors (Lipinski definition) is 4. The van der Waals surface area contributed by atoms with Crippen LogP contribution in [0.2, 0.25) is 0 Å². The zero-order valence-electron chi connectivity index (χ0n) is 12.7. The van der Waals surface area contributed by atoms with E-state index in [2.05, 4.69) is 11.9 Å². The van der Waals surface area contributed by atoms with Crippen molar-refractivity contribution in [2.45, 2.75) is 24.5 Å². The summed E-state index contributed by atoms with van der Waals surface area (Å²) >= 11 is 1.54. The maximum absolute atomic E-state index is 11.8. The number of likely N-dealkylation sites (tertiary alicyclic amines) is 1. The van der Waals surface area contributed by atoms with E-state index < -0.39 is 11.7 Å². The van der Waals surface area contributed by atoms with Crippen molar-refractivity contribution < 1.29 is 10.2 Å². The Morgan fingerprint density at radius 1 is 1.14 bits per heavy atom. The van der Waals surface area contributed by atoms with Crippen LogP contribution in [0.5, 0.6) is 0 Å². The minimum atomic E-state index is -0.966. The minimum Gasteiger partial charge on any atom is -0.383 e. The largest absolute Gasteiger partial charge is 0.383 e. The molecule has 3 nitrogen and oxygen atoms in total. The molecule has 2 heterocycles. The van der Waals surface area contributed by atoms with E-state index in [1.54, 1.807) is 11.3 Å². The predicted octanol–water partition coefficient (Wildman–Crippen LogP) is 2.72. The smallest absolute Gasteiger partial charge is 0.119 e. The number of fused-ring (bicyclic) bond motifs is 2. The van der Waals surface area contributed by atoms with Crippen LogP contribution in [0.3, 0.4) is 0 Å². The van der Waals surface area contributed by atoms with Gasteiger partial charge in [-0.05, 0) is 61.5 Å². The third kappa shape index (κ3) is 1.91.